The van der Waals surface area contributed by atoms with Crippen LogP contribution in [0.25, 0.3) is 0 Å². The summed E-state index contributed by atoms with van der Waals surface area (Å²) in [4.78, 5) is 4.89. The van der Waals surface area contributed by atoms with E-state index >= 15 is 0 Å². The maximum Gasteiger partial charge on any atom is 0.122 e. The van der Waals surface area contributed by atoms with Crippen LogP contribution in [0.15, 0.2) is 41.6 Å². The van der Waals surface area contributed by atoms with Crippen molar-refractivity contribution in [3.8, 4) is 0 Å². The van der Waals surface area contributed by atoms with Gasteiger partial charge in [0.1, 0.15) is 6.10 Å². The zero-order valence-corrected chi connectivity index (χ0v) is 9.40. The van der Waals surface area contributed by atoms with Crippen molar-refractivity contribution >= 4 is 5.71 Å². The summed E-state index contributed by atoms with van der Waals surface area (Å²) in [6.45, 7) is 7.71. The van der Waals surface area contributed by atoms with Crippen molar-refractivity contribution in [1.82, 2.24) is 0 Å². The molecule has 0 aliphatic rings. The van der Waals surface area contributed by atoms with Gasteiger partial charge in [0.25, 0.3) is 0 Å². The van der Waals surface area contributed by atoms with Gasteiger partial charge in [-0.1, -0.05) is 41.6 Å². The molecular formula is C12H19NO. The Balaban J connectivity index is 0.000000249. The highest BCUT2D eigenvalue weighted by atomic mass is 16.6. The molecule has 2 nitrogen and oxygen atoms in total. The van der Waals surface area contributed by atoms with Crippen molar-refractivity contribution in [1.29, 1.82) is 0 Å². The molecule has 0 saturated heterocycles. The first-order chi connectivity index (χ1) is 6.63. The van der Waals surface area contributed by atoms with E-state index in [-0.39, 0.29) is 6.10 Å². The van der Waals surface area contributed by atoms with Gasteiger partial charge in [0.15, 0.2) is 0 Å². The van der Waals surface area contributed by atoms with Crippen LogP contribution in [0.5, 0.6) is 0 Å². The van der Waals surface area contributed by atoms with E-state index in [0.717, 1.165) is 5.71 Å². The maximum atomic E-state index is 4.89. The minimum atomic E-state index is 0.199. The zero-order valence-electron chi connectivity index (χ0n) is 9.40. The Morgan fingerprint density at radius 1 is 0.929 bits per heavy atom. The van der Waals surface area contributed by atoms with E-state index in [1.807, 2.05) is 64.1 Å². The van der Waals surface area contributed by atoms with Gasteiger partial charge in [-0.3, -0.25) is 0 Å². The third-order valence-electron chi connectivity index (χ3n) is 1.11. The molecule has 14 heavy (non-hydrogen) atoms. The molecule has 0 saturated carbocycles. The van der Waals surface area contributed by atoms with Crippen LogP contribution in [0.2, 0.25) is 0 Å². The summed E-state index contributed by atoms with van der Waals surface area (Å²) in [7, 11) is 0. The van der Waals surface area contributed by atoms with Crippen molar-refractivity contribution in [2.24, 2.45) is 5.16 Å². The lowest BCUT2D eigenvalue weighted by molar-refractivity contribution is 0.0857. The molecule has 0 spiro atoms. The SMILES string of the molecule is CC(C)=NOC(C)C.c1ccccc1. The molecule has 0 unspecified atom stereocenters. The topological polar surface area (TPSA) is 21.6 Å². The lowest BCUT2D eigenvalue weighted by Crippen LogP contribution is -1.97. The molecule has 0 bridgehead atoms. The molecule has 2 heteroatoms. The number of nitrogens with zero attached hydrogens (tertiary/aromatic N) is 1. The molecule has 78 valence electrons. The fourth-order valence-electron chi connectivity index (χ4n) is 0.596. The smallest absolute Gasteiger partial charge is 0.122 e. The van der Waals surface area contributed by atoms with Gasteiger partial charge < -0.3 is 4.84 Å². The van der Waals surface area contributed by atoms with Gasteiger partial charge in [-0.25, -0.2) is 0 Å². The van der Waals surface area contributed by atoms with Crippen LogP contribution in [-0.4, -0.2) is 11.8 Å². The van der Waals surface area contributed by atoms with Crippen LogP contribution in [0, 0.1) is 0 Å². The molecule has 0 N–H and O–H groups in total. The molecule has 0 amide bonds. The minimum absolute atomic E-state index is 0.199. The normalized spacial score (nSPS) is 8.64. The fourth-order valence-corrected chi connectivity index (χ4v) is 0.596. The second-order valence-corrected chi connectivity index (χ2v) is 3.35. The van der Waals surface area contributed by atoms with Crippen LogP contribution in [0.1, 0.15) is 27.7 Å². The maximum absolute atomic E-state index is 4.89. The Labute approximate surface area is 86.6 Å². The van der Waals surface area contributed by atoms with E-state index in [0.29, 0.717) is 0 Å². The number of benzene rings is 1. The Bertz CT molecular complexity index is 211. The van der Waals surface area contributed by atoms with Gasteiger partial charge in [0.2, 0.25) is 0 Å². The number of rotatable bonds is 2. The molecule has 0 atom stereocenters. The Kier molecular flexibility index (Phi) is 7.52. The quantitative estimate of drug-likeness (QED) is 0.520. The molecule has 1 aromatic rings. The number of oxime groups is 1. The third kappa shape index (κ3) is 10.7. The van der Waals surface area contributed by atoms with Crippen molar-refractivity contribution in [2.45, 2.75) is 33.8 Å². The van der Waals surface area contributed by atoms with Crippen molar-refractivity contribution < 1.29 is 4.84 Å². The predicted molar refractivity (Wildman–Crippen MR) is 61.4 cm³/mol. The first kappa shape index (κ1) is 12.7. The molecule has 0 aromatic heterocycles. The molecule has 1 aromatic carbocycles. The molecule has 1 rings (SSSR count). The summed E-state index contributed by atoms with van der Waals surface area (Å²) < 4.78 is 0. The Morgan fingerprint density at radius 2 is 1.29 bits per heavy atom. The van der Waals surface area contributed by atoms with E-state index < -0.39 is 0 Å². The second kappa shape index (κ2) is 8.30. The first-order valence-electron chi connectivity index (χ1n) is 4.80. The minimum Gasteiger partial charge on any atom is -0.393 e. The van der Waals surface area contributed by atoms with Crippen LogP contribution < -0.4 is 0 Å². The monoisotopic (exact) mass is 193 g/mol. The van der Waals surface area contributed by atoms with Crippen LogP contribution >= 0.6 is 0 Å². The third-order valence-corrected chi connectivity index (χ3v) is 1.11. The summed E-state index contributed by atoms with van der Waals surface area (Å²) in [5.74, 6) is 0. The Morgan fingerprint density at radius 3 is 1.43 bits per heavy atom. The lowest BCUT2D eigenvalue weighted by Gasteiger charge is -2.00. The van der Waals surface area contributed by atoms with Gasteiger partial charge >= 0.3 is 0 Å². The van der Waals surface area contributed by atoms with Crippen LogP contribution in [-0.2, 0) is 4.84 Å². The first-order valence-corrected chi connectivity index (χ1v) is 4.80. The van der Waals surface area contributed by atoms with E-state index in [1.54, 1.807) is 0 Å². The van der Waals surface area contributed by atoms with Gasteiger partial charge in [-0.05, 0) is 27.7 Å². The Hall–Kier alpha value is -1.31. The summed E-state index contributed by atoms with van der Waals surface area (Å²) in [5.41, 5.74) is 0.957. The molecule has 0 aliphatic carbocycles. The van der Waals surface area contributed by atoms with Gasteiger partial charge in [0.05, 0.1) is 5.71 Å². The van der Waals surface area contributed by atoms with E-state index in [9.17, 15) is 0 Å². The second-order valence-electron chi connectivity index (χ2n) is 3.35. The lowest BCUT2D eigenvalue weighted by atomic mass is 10.4. The number of hydrogen-bond acceptors (Lipinski definition) is 2. The molecule has 0 fully saturated rings. The zero-order chi connectivity index (χ0) is 10.8. The molecule has 0 aliphatic heterocycles. The summed E-state index contributed by atoms with van der Waals surface area (Å²) in [6, 6.07) is 12.0. The average molecular weight is 193 g/mol. The van der Waals surface area contributed by atoms with Gasteiger partial charge in [0, 0.05) is 0 Å². The fraction of sp³-hybridized carbons (Fsp3) is 0.417. The molecule has 0 heterocycles. The predicted octanol–water partition coefficient (Wildman–Crippen LogP) is 3.49. The summed E-state index contributed by atoms with van der Waals surface area (Å²) >= 11 is 0. The van der Waals surface area contributed by atoms with Crippen molar-refractivity contribution in [3.63, 3.8) is 0 Å². The number of hydrogen-bond donors (Lipinski definition) is 0. The van der Waals surface area contributed by atoms with Crippen molar-refractivity contribution in [3.05, 3.63) is 36.4 Å². The van der Waals surface area contributed by atoms with E-state index in [2.05, 4.69) is 5.16 Å². The summed E-state index contributed by atoms with van der Waals surface area (Å²) in [6.07, 6.45) is 0.199. The molecule has 0 radical (unpaired) electrons. The van der Waals surface area contributed by atoms with Crippen LogP contribution in [0.3, 0.4) is 0 Å². The highest BCUT2D eigenvalue weighted by Gasteiger charge is 1.86. The standard InChI is InChI=1S/C6H13NO.C6H6/c1-5(2)7-8-6(3)4;1-2-4-6-5-3-1/h6H,1-4H3;1-6H. The van der Waals surface area contributed by atoms with Crippen molar-refractivity contribution in [2.75, 3.05) is 0 Å². The van der Waals surface area contributed by atoms with Gasteiger partial charge in [-0.15, -0.1) is 0 Å². The van der Waals surface area contributed by atoms with E-state index in [1.165, 1.54) is 0 Å². The largest absolute Gasteiger partial charge is 0.393 e. The van der Waals surface area contributed by atoms with Gasteiger partial charge in [-0.2, -0.15) is 0 Å². The summed E-state index contributed by atoms with van der Waals surface area (Å²) in [5, 5.41) is 3.74. The highest BCUT2D eigenvalue weighted by molar-refractivity contribution is 5.78. The average Bonchev–Trinajstić information content (AvgIpc) is 2.18. The molecular weight excluding hydrogens is 174 g/mol. The highest BCUT2D eigenvalue weighted by Crippen LogP contribution is 1.87. The van der Waals surface area contributed by atoms with Crippen LogP contribution in [0.4, 0.5) is 0 Å². The van der Waals surface area contributed by atoms with E-state index in [4.69, 9.17) is 4.84 Å².